The maximum absolute atomic E-state index is 10.2. The Balaban J connectivity index is 3.01. The number of aromatic nitrogens is 1. The van der Waals surface area contributed by atoms with Crippen LogP contribution in [-0.2, 0) is 11.7 Å². The van der Waals surface area contributed by atoms with Crippen LogP contribution in [0.2, 0.25) is 5.15 Å². The third kappa shape index (κ3) is 1.40. The average molecular weight is 143 g/mol. The Labute approximate surface area is 58.1 Å². The van der Waals surface area contributed by atoms with E-state index < -0.39 is 0 Å². The minimum absolute atomic E-state index is 0.299. The van der Waals surface area contributed by atoms with Crippen molar-refractivity contribution in [2.45, 2.75) is 6.61 Å². The normalized spacial score (nSPS) is 9.56. The van der Waals surface area contributed by atoms with Gasteiger partial charge in [-0.15, -0.1) is 0 Å². The van der Waals surface area contributed by atoms with Gasteiger partial charge in [0.05, 0.1) is 0 Å². The zero-order valence-electron chi connectivity index (χ0n) is 4.67. The first-order valence-corrected chi connectivity index (χ1v) is 2.90. The predicted molar refractivity (Wildman–Crippen MR) is 33.6 cm³/mol. The van der Waals surface area contributed by atoms with E-state index in [0.717, 1.165) is 0 Å². The average Bonchev–Trinajstić information content (AvgIpc) is 1.89. The van der Waals surface area contributed by atoms with E-state index in [0.29, 0.717) is 10.7 Å². The van der Waals surface area contributed by atoms with Gasteiger partial charge in [-0.05, 0) is 6.07 Å². The van der Waals surface area contributed by atoms with Crippen molar-refractivity contribution in [2.75, 3.05) is 0 Å². The number of pyridine rings is 1. The summed E-state index contributed by atoms with van der Waals surface area (Å²) in [5.41, 5.74) is 0.555. The minimum atomic E-state index is -0.299. The molecule has 0 unspecified atom stereocenters. The lowest BCUT2D eigenvalue weighted by Crippen LogP contribution is -1.84. The Kier molecular flexibility index (Phi) is 2.03. The number of halogens is 1. The Morgan fingerprint density at radius 3 is 2.89 bits per heavy atom. The van der Waals surface area contributed by atoms with Crippen LogP contribution in [0.4, 0.5) is 0 Å². The van der Waals surface area contributed by atoms with E-state index in [1.807, 2.05) is 0 Å². The van der Waals surface area contributed by atoms with Crippen molar-refractivity contribution in [3.8, 4) is 0 Å². The summed E-state index contributed by atoms with van der Waals surface area (Å²) in [6.45, 7) is -0.299. The van der Waals surface area contributed by atoms with Crippen LogP contribution < -0.4 is 0 Å². The molecular formula is C6H5ClNO. The lowest BCUT2D eigenvalue weighted by atomic mass is 10.3. The highest BCUT2D eigenvalue weighted by Gasteiger charge is 1.95. The summed E-state index contributed by atoms with van der Waals surface area (Å²) in [5.74, 6) is 0. The Bertz CT molecular complexity index is 202. The summed E-state index contributed by atoms with van der Waals surface area (Å²) in [7, 11) is 0. The van der Waals surface area contributed by atoms with Crippen molar-refractivity contribution in [3.63, 3.8) is 0 Å². The summed E-state index contributed by atoms with van der Waals surface area (Å²) in [6, 6.07) is 3.36. The van der Waals surface area contributed by atoms with Gasteiger partial charge in [0.2, 0.25) is 0 Å². The Morgan fingerprint density at radius 2 is 2.44 bits per heavy atom. The molecule has 47 valence electrons. The third-order valence-electron chi connectivity index (χ3n) is 0.992. The van der Waals surface area contributed by atoms with Crippen LogP contribution in [0.1, 0.15) is 5.56 Å². The Hall–Kier alpha value is -0.600. The van der Waals surface area contributed by atoms with Gasteiger partial charge < -0.3 is 0 Å². The molecule has 1 aromatic rings. The molecule has 1 heterocycles. The summed E-state index contributed by atoms with van der Waals surface area (Å²) in [4.78, 5) is 3.72. The summed E-state index contributed by atoms with van der Waals surface area (Å²) in [5, 5.41) is 10.5. The molecule has 0 amide bonds. The van der Waals surface area contributed by atoms with Gasteiger partial charge >= 0.3 is 0 Å². The molecule has 2 nitrogen and oxygen atoms in total. The minimum Gasteiger partial charge on any atom is -0.244 e. The van der Waals surface area contributed by atoms with Crippen LogP contribution in [0.5, 0.6) is 0 Å². The molecule has 1 aromatic heterocycles. The molecule has 0 saturated carbocycles. The van der Waals surface area contributed by atoms with Crippen molar-refractivity contribution < 1.29 is 5.11 Å². The van der Waals surface area contributed by atoms with Crippen LogP contribution in [0.15, 0.2) is 18.3 Å². The van der Waals surface area contributed by atoms with Crippen molar-refractivity contribution in [2.24, 2.45) is 0 Å². The standard InChI is InChI=1S/C6H5ClNO/c7-6-5(4-9)2-1-3-8-6/h1-3H,4H2. The quantitative estimate of drug-likeness (QED) is 0.549. The third-order valence-corrected chi connectivity index (χ3v) is 1.33. The first-order valence-electron chi connectivity index (χ1n) is 2.52. The lowest BCUT2D eigenvalue weighted by molar-refractivity contribution is 0.177. The molecule has 1 radical (unpaired) electrons. The van der Waals surface area contributed by atoms with E-state index in [4.69, 9.17) is 11.6 Å². The second kappa shape index (κ2) is 2.80. The van der Waals surface area contributed by atoms with E-state index in [1.165, 1.54) is 0 Å². The number of nitrogens with zero attached hydrogens (tertiary/aromatic N) is 1. The molecule has 0 fully saturated rings. The first-order chi connectivity index (χ1) is 4.34. The molecule has 3 heteroatoms. The van der Waals surface area contributed by atoms with E-state index in [-0.39, 0.29) is 6.61 Å². The molecule has 1 rings (SSSR count). The van der Waals surface area contributed by atoms with E-state index >= 15 is 0 Å². The van der Waals surface area contributed by atoms with Gasteiger partial charge in [0.25, 0.3) is 0 Å². The second-order valence-electron chi connectivity index (χ2n) is 1.60. The molecule has 0 aliphatic heterocycles. The fourth-order valence-corrected chi connectivity index (χ4v) is 0.701. The van der Waals surface area contributed by atoms with Crippen LogP contribution in [0.25, 0.3) is 0 Å². The van der Waals surface area contributed by atoms with Gasteiger partial charge in [-0.3, -0.25) is 0 Å². The molecule has 0 spiro atoms. The summed E-state index contributed by atoms with van der Waals surface area (Å²) < 4.78 is 0. The van der Waals surface area contributed by atoms with Gasteiger partial charge in [0, 0.05) is 11.8 Å². The Morgan fingerprint density at radius 1 is 1.67 bits per heavy atom. The predicted octanol–water partition coefficient (Wildman–Crippen LogP) is 1.67. The van der Waals surface area contributed by atoms with Gasteiger partial charge in [-0.2, -0.15) is 0 Å². The van der Waals surface area contributed by atoms with Crippen molar-refractivity contribution in [3.05, 3.63) is 29.0 Å². The topological polar surface area (TPSA) is 32.8 Å². The van der Waals surface area contributed by atoms with Crippen LogP contribution >= 0.6 is 11.6 Å². The van der Waals surface area contributed by atoms with Gasteiger partial charge in [0.1, 0.15) is 11.8 Å². The molecule has 0 aliphatic rings. The summed E-state index contributed by atoms with van der Waals surface area (Å²) >= 11 is 5.51. The van der Waals surface area contributed by atoms with E-state index in [2.05, 4.69) is 4.98 Å². The second-order valence-corrected chi connectivity index (χ2v) is 1.96. The largest absolute Gasteiger partial charge is 0.244 e. The highest BCUT2D eigenvalue weighted by Crippen LogP contribution is 2.10. The molecule has 9 heavy (non-hydrogen) atoms. The lowest BCUT2D eigenvalue weighted by Gasteiger charge is -1.93. The molecule has 0 saturated heterocycles. The molecule has 0 atom stereocenters. The highest BCUT2D eigenvalue weighted by atomic mass is 35.5. The van der Waals surface area contributed by atoms with Crippen LogP contribution in [-0.4, -0.2) is 4.98 Å². The van der Waals surface area contributed by atoms with Crippen molar-refractivity contribution in [1.82, 2.24) is 4.98 Å². The number of hydrogen-bond acceptors (Lipinski definition) is 1. The fraction of sp³-hybridized carbons (Fsp3) is 0.167. The van der Waals surface area contributed by atoms with Crippen LogP contribution in [0, 0.1) is 0 Å². The monoisotopic (exact) mass is 142 g/mol. The smallest absolute Gasteiger partial charge is 0.134 e. The van der Waals surface area contributed by atoms with Crippen molar-refractivity contribution >= 4 is 11.6 Å². The number of hydrogen-bond donors (Lipinski definition) is 0. The number of rotatable bonds is 1. The molecule has 0 N–H and O–H groups in total. The van der Waals surface area contributed by atoms with Gasteiger partial charge in [-0.25, -0.2) is 10.1 Å². The highest BCUT2D eigenvalue weighted by molar-refractivity contribution is 6.30. The fourth-order valence-electron chi connectivity index (χ4n) is 0.527. The van der Waals surface area contributed by atoms with Gasteiger partial charge in [0.15, 0.2) is 0 Å². The molecular weight excluding hydrogens is 138 g/mol. The zero-order valence-corrected chi connectivity index (χ0v) is 5.43. The zero-order chi connectivity index (χ0) is 6.69. The van der Waals surface area contributed by atoms with Crippen LogP contribution in [0.3, 0.4) is 0 Å². The van der Waals surface area contributed by atoms with E-state index in [9.17, 15) is 5.11 Å². The molecule has 0 aliphatic carbocycles. The first kappa shape index (κ1) is 6.52. The van der Waals surface area contributed by atoms with Gasteiger partial charge in [-0.1, -0.05) is 17.7 Å². The van der Waals surface area contributed by atoms with E-state index in [1.54, 1.807) is 18.3 Å². The maximum atomic E-state index is 10.2. The molecule has 0 bridgehead atoms. The SMILES string of the molecule is [O]Cc1cccnc1Cl. The molecule has 0 aromatic carbocycles. The van der Waals surface area contributed by atoms with Crippen molar-refractivity contribution in [1.29, 1.82) is 0 Å². The maximum Gasteiger partial charge on any atom is 0.134 e. The summed E-state index contributed by atoms with van der Waals surface area (Å²) in [6.07, 6.45) is 1.56.